The lowest BCUT2D eigenvalue weighted by molar-refractivity contribution is -0.237. The molecule has 46 heavy (non-hydrogen) atoms. The molecule has 0 saturated heterocycles. The second-order valence-electron chi connectivity index (χ2n) is 12.9. The first-order valence-corrected chi connectivity index (χ1v) is 16.0. The Hall–Kier alpha value is -3.42. The van der Waals surface area contributed by atoms with Gasteiger partial charge in [-0.05, 0) is 68.0 Å². The summed E-state index contributed by atoms with van der Waals surface area (Å²) in [6.45, 7) is 6.09. The van der Waals surface area contributed by atoms with Crippen LogP contribution >= 0.6 is 11.8 Å². The van der Waals surface area contributed by atoms with E-state index in [9.17, 15) is 38.3 Å². The first kappa shape index (κ1) is 35.4. The molecule has 9 atom stereocenters. The van der Waals surface area contributed by atoms with Crippen molar-refractivity contribution in [2.45, 2.75) is 89.8 Å². The Morgan fingerprint density at radius 2 is 1.76 bits per heavy atom. The highest BCUT2D eigenvalue weighted by Gasteiger charge is 2.79. The average molecular weight is 671 g/mol. The zero-order valence-electron chi connectivity index (χ0n) is 25.8. The van der Waals surface area contributed by atoms with Crippen LogP contribution in [0.3, 0.4) is 0 Å². The monoisotopic (exact) mass is 670 g/mol. The first-order chi connectivity index (χ1) is 21.4. The van der Waals surface area contributed by atoms with Crippen molar-refractivity contribution in [2.75, 3.05) is 6.01 Å². The van der Waals surface area contributed by atoms with Gasteiger partial charge in [0.1, 0.15) is 18.3 Å². The molecule has 0 unspecified atom stereocenters. The number of hydrogen-bond donors (Lipinski definition) is 2. The van der Waals surface area contributed by atoms with E-state index in [2.05, 4.69) is 0 Å². The molecular formula is C32H37F3O10S. The lowest BCUT2D eigenvalue weighted by atomic mass is 9.44. The van der Waals surface area contributed by atoms with Gasteiger partial charge in [-0.15, -0.1) is 0 Å². The Kier molecular flexibility index (Phi) is 9.74. The van der Waals surface area contributed by atoms with E-state index in [0.29, 0.717) is 17.8 Å². The van der Waals surface area contributed by atoms with Crippen LogP contribution in [0.5, 0.6) is 0 Å². The van der Waals surface area contributed by atoms with Gasteiger partial charge in [0.15, 0.2) is 17.1 Å². The van der Waals surface area contributed by atoms with Crippen molar-refractivity contribution in [3.63, 3.8) is 0 Å². The fraction of sp³-hybridized carbons (Fsp3) is 0.625. The fourth-order valence-corrected chi connectivity index (χ4v) is 9.35. The van der Waals surface area contributed by atoms with Crippen LogP contribution in [0.25, 0.3) is 0 Å². The number of alkyl halides is 3. The highest BCUT2D eigenvalue weighted by Crippen LogP contribution is 2.72. The summed E-state index contributed by atoms with van der Waals surface area (Å²) in [5.41, 5.74) is -8.58. The lowest BCUT2D eigenvalue weighted by Crippen LogP contribution is -2.71. The summed E-state index contributed by atoms with van der Waals surface area (Å²) in [5.74, 6) is -8.39. The Labute approximate surface area is 267 Å². The van der Waals surface area contributed by atoms with Crippen LogP contribution in [0.1, 0.15) is 66.2 Å². The molecule has 0 radical (unpaired) electrons. The number of ketones is 1. The normalized spacial score (nSPS) is 38.2. The summed E-state index contributed by atoms with van der Waals surface area (Å²) in [6, 6.07) is -1.14. The van der Waals surface area contributed by atoms with Gasteiger partial charge in [0.2, 0.25) is 5.12 Å². The van der Waals surface area contributed by atoms with E-state index in [1.807, 2.05) is 0 Å². The number of carboxylic acid groups (broad SMARTS) is 2. The molecule has 0 spiro atoms. The number of allylic oxidation sites excluding steroid dienone is 4. The molecule has 2 N–H and O–H groups in total. The maximum absolute atomic E-state index is 18.3. The standard InChI is InChI=1S/C32H37F3O10S/c1-5-25(39)45-32(28(43)46-15-33)16(2)10-19-20-13-22(34)21-12-18(36)8-9-29(21,3)31(20,35)23(14-30(19,32)4)44-26(40)7-6-17(27(41)42)11-24(37)38/h8-9,11-12,16,19-20,22-23H,5-7,10,13-15H2,1-4H3,(H,37,38)(H,41,42)/t16-,19+,20+,22+,23+,29+,30+,31+,32+/m1/s1. The molecule has 0 heterocycles. The van der Waals surface area contributed by atoms with E-state index in [0.717, 1.165) is 12.2 Å². The van der Waals surface area contributed by atoms with E-state index < -0.39 is 124 Å². The number of halogens is 3. The zero-order chi connectivity index (χ0) is 34.4. The molecule has 0 amide bonds. The minimum atomic E-state index is -2.56. The molecule has 0 aromatic rings. The summed E-state index contributed by atoms with van der Waals surface area (Å²) in [7, 11) is 0. The van der Waals surface area contributed by atoms with Gasteiger partial charge in [-0.1, -0.05) is 26.8 Å². The quantitative estimate of drug-likeness (QED) is 0.241. The van der Waals surface area contributed by atoms with Crippen molar-refractivity contribution >= 4 is 46.5 Å². The van der Waals surface area contributed by atoms with Gasteiger partial charge in [0.05, 0.1) is 0 Å². The fourth-order valence-electron chi connectivity index (χ4n) is 8.56. The van der Waals surface area contributed by atoms with Gasteiger partial charge in [-0.3, -0.25) is 19.2 Å². The minimum Gasteiger partial charge on any atom is -0.478 e. The van der Waals surface area contributed by atoms with Gasteiger partial charge >= 0.3 is 23.9 Å². The van der Waals surface area contributed by atoms with Crippen LogP contribution < -0.4 is 0 Å². The molecule has 0 aliphatic heterocycles. The molecule has 0 bridgehead atoms. The number of ether oxygens (including phenoxy) is 2. The van der Waals surface area contributed by atoms with Gasteiger partial charge in [0, 0.05) is 47.2 Å². The van der Waals surface area contributed by atoms with Gasteiger partial charge in [-0.2, -0.15) is 0 Å². The Morgan fingerprint density at radius 1 is 1.09 bits per heavy atom. The molecule has 0 aromatic carbocycles. The SMILES string of the molecule is CCC(=O)O[C@]1(C(=O)SCF)[C@H](C)C[C@H]2[C@@H]3C[C@H](F)C4=CC(=O)C=C[C@]4(C)[C@@]3(F)[C@@H](OC(=O)CCC(=CC(=O)O)C(=O)O)C[C@@]21C. The van der Waals surface area contributed by atoms with Crippen molar-refractivity contribution in [1.82, 2.24) is 0 Å². The van der Waals surface area contributed by atoms with Gasteiger partial charge in [-0.25, -0.2) is 22.8 Å². The number of fused-ring (bicyclic) bond motifs is 5. The van der Waals surface area contributed by atoms with E-state index in [-0.39, 0.29) is 18.4 Å². The molecule has 4 rings (SSSR count). The molecule has 0 aromatic heterocycles. The van der Waals surface area contributed by atoms with Crippen molar-refractivity contribution in [3.8, 4) is 0 Å². The van der Waals surface area contributed by atoms with Crippen molar-refractivity contribution in [2.24, 2.45) is 28.6 Å². The summed E-state index contributed by atoms with van der Waals surface area (Å²) in [5, 5.41) is 17.5. The van der Waals surface area contributed by atoms with Crippen LogP contribution in [-0.4, -0.2) is 74.5 Å². The highest BCUT2D eigenvalue weighted by atomic mass is 32.2. The van der Waals surface area contributed by atoms with Crippen LogP contribution in [0, 0.1) is 28.6 Å². The number of carbonyl (C=O) groups is 6. The van der Waals surface area contributed by atoms with Crippen molar-refractivity contribution in [1.29, 1.82) is 0 Å². The topological polar surface area (TPSA) is 161 Å². The minimum absolute atomic E-state index is 0.0928. The zero-order valence-corrected chi connectivity index (χ0v) is 26.7. The van der Waals surface area contributed by atoms with Crippen LogP contribution in [-0.2, 0) is 38.2 Å². The number of carbonyl (C=O) groups excluding carboxylic acids is 4. The number of thioether (sulfide) groups is 1. The van der Waals surface area contributed by atoms with E-state index in [4.69, 9.17) is 14.6 Å². The van der Waals surface area contributed by atoms with Gasteiger partial charge in [0.25, 0.3) is 0 Å². The van der Waals surface area contributed by atoms with E-state index in [1.165, 1.54) is 19.9 Å². The average Bonchev–Trinajstić information content (AvgIpc) is 3.19. The molecule has 3 fully saturated rings. The van der Waals surface area contributed by atoms with E-state index >= 15 is 8.78 Å². The predicted octanol–water partition coefficient (Wildman–Crippen LogP) is 4.86. The second-order valence-corrected chi connectivity index (χ2v) is 13.8. The molecule has 252 valence electrons. The molecule has 4 aliphatic carbocycles. The largest absolute Gasteiger partial charge is 0.478 e. The van der Waals surface area contributed by atoms with Crippen molar-refractivity contribution in [3.05, 3.63) is 35.5 Å². The van der Waals surface area contributed by atoms with Crippen molar-refractivity contribution < 1.29 is 61.6 Å². The van der Waals surface area contributed by atoms with Crippen LogP contribution in [0.4, 0.5) is 13.2 Å². The lowest BCUT2D eigenvalue weighted by Gasteiger charge is -2.63. The second kappa shape index (κ2) is 12.6. The van der Waals surface area contributed by atoms with E-state index in [1.54, 1.807) is 13.8 Å². The number of esters is 2. The Morgan fingerprint density at radius 3 is 2.35 bits per heavy atom. The predicted molar refractivity (Wildman–Crippen MR) is 157 cm³/mol. The molecule has 4 aliphatic rings. The van der Waals surface area contributed by atoms with Gasteiger partial charge < -0.3 is 19.7 Å². The summed E-state index contributed by atoms with van der Waals surface area (Å²) in [4.78, 5) is 74.7. The maximum atomic E-state index is 18.3. The number of rotatable bonds is 10. The number of carboxylic acids is 2. The smallest absolute Gasteiger partial charge is 0.331 e. The third kappa shape index (κ3) is 5.39. The Balaban J connectivity index is 1.86. The maximum Gasteiger partial charge on any atom is 0.331 e. The third-order valence-corrected chi connectivity index (χ3v) is 11.3. The molecule has 14 heteroatoms. The highest BCUT2D eigenvalue weighted by molar-refractivity contribution is 8.13. The molecular weight excluding hydrogens is 633 g/mol. The third-order valence-electron chi connectivity index (χ3n) is 10.6. The molecule has 10 nitrogen and oxygen atoms in total. The molecule has 3 saturated carbocycles. The van der Waals surface area contributed by atoms with Crippen LogP contribution in [0.15, 0.2) is 35.5 Å². The first-order valence-electron chi connectivity index (χ1n) is 15.0. The summed E-state index contributed by atoms with van der Waals surface area (Å²) < 4.78 is 59.7. The summed E-state index contributed by atoms with van der Waals surface area (Å²) in [6.07, 6.45) is -1.88. The number of hydrogen-bond acceptors (Lipinski definition) is 9. The Bertz CT molecular complexity index is 1440. The van der Waals surface area contributed by atoms with Crippen LogP contribution in [0.2, 0.25) is 0 Å². The number of aliphatic carboxylic acids is 2. The summed E-state index contributed by atoms with van der Waals surface area (Å²) >= 11 is 0.293.